The molecular formula is C21H40O2S. The van der Waals surface area contributed by atoms with Crippen LogP contribution in [0.3, 0.4) is 0 Å². The van der Waals surface area contributed by atoms with Gasteiger partial charge in [0.25, 0.3) is 0 Å². The van der Waals surface area contributed by atoms with Crippen LogP contribution in [0.25, 0.3) is 0 Å². The molecule has 0 N–H and O–H groups in total. The van der Waals surface area contributed by atoms with Gasteiger partial charge in [-0.05, 0) is 12.8 Å². The van der Waals surface area contributed by atoms with Gasteiger partial charge in [0.1, 0.15) is 0 Å². The Morgan fingerprint density at radius 1 is 0.750 bits per heavy atom. The van der Waals surface area contributed by atoms with Crippen molar-refractivity contribution in [2.24, 2.45) is 0 Å². The molecule has 3 heteroatoms. The van der Waals surface area contributed by atoms with E-state index in [0.717, 1.165) is 16.9 Å². The fraction of sp³-hybridized carbons (Fsp3) is 0.952. The van der Waals surface area contributed by atoms with Gasteiger partial charge in [0.15, 0.2) is 0 Å². The van der Waals surface area contributed by atoms with Crippen molar-refractivity contribution in [2.45, 2.75) is 120 Å². The Morgan fingerprint density at radius 2 is 1.21 bits per heavy atom. The third-order valence-electron chi connectivity index (χ3n) is 5.14. The molecule has 1 fully saturated rings. The minimum atomic E-state index is -0.0535. The Labute approximate surface area is 154 Å². The minimum absolute atomic E-state index is 0.0535. The van der Waals surface area contributed by atoms with Gasteiger partial charge in [-0.25, -0.2) is 0 Å². The lowest BCUT2D eigenvalue weighted by Gasteiger charge is -2.03. The third-order valence-corrected chi connectivity index (χ3v) is 6.65. The molecule has 142 valence electrons. The molecule has 0 amide bonds. The maximum Gasteiger partial charge on any atom is 0.305 e. The van der Waals surface area contributed by atoms with Crippen molar-refractivity contribution in [1.29, 1.82) is 0 Å². The van der Waals surface area contributed by atoms with Crippen LogP contribution in [0.5, 0.6) is 0 Å². The number of esters is 1. The number of hydrogen-bond donors (Lipinski definition) is 0. The number of rotatable bonds is 17. The van der Waals surface area contributed by atoms with Crippen LogP contribution in [0, 0.1) is 0 Å². The summed E-state index contributed by atoms with van der Waals surface area (Å²) >= 11 is 2.07. The van der Waals surface area contributed by atoms with Crippen molar-refractivity contribution in [3.63, 3.8) is 0 Å². The van der Waals surface area contributed by atoms with E-state index in [4.69, 9.17) is 4.74 Å². The number of ether oxygens (including phenoxy) is 1. The summed E-state index contributed by atoms with van der Waals surface area (Å²) in [6, 6.07) is 0. The van der Waals surface area contributed by atoms with E-state index in [1.165, 1.54) is 97.0 Å². The zero-order chi connectivity index (χ0) is 17.5. The van der Waals surface area contributed by atoms with Crippen LogP contribution in [0.4, 0.5) is 0 Å². The van der Waals surface area contributed by atoms with Gasteiger partial charge in [0, 0.05) is 16.9 Å². The standard InChI is InChI=1S/C21H40O2S/c1-3-4-5-6-7-8-9-10-11-12-13-14-15-16-19-20(24-19)17-18-21(22)23-2/h19-20H,3-18H2,1-2H3. The van der Waals surface area contributed by atoms with Gasteiger partial charge in [-0.1, -0.05) is 90.4 Å². The van der Waals surface area contributed by atoms with E-state index in [2.05, 4.69) is 18.7 Å². The van der Waals surface area contributed by atoms with Crippen molar-refractivity contribution in [2.75, 3.05) is 7.11 Å². The molecule has 0 aromatic heterocycles. The normalized spacial score (nSPS) is 19.4. The largest absolute Gasteiger partial charge is 0.469 e. The molecule has 0 radical (unpaired) electrons. The molecule has 2 nitrogen and oxygen atoms in total. The van der Waals surface area contributed by atoms with Gasteiger partial charge < -0.3 is 4.74 Å². The molecule has 2 atom stereocenters. The van der Waals surface area contributed by atoms with Crippen LogP contribution in [-0.2, 0) is 9.53 Å². The summed E-state index contributed by atoms with van der Waals surface area (Å²) in [4.78, 5) is 11.1. The van der Waals surface area contributed by atoms with Gasteiger partial charge in [-0.15, -0.1) is 0 Å². The molecule has 2 unspecified atom stereocenters. The molecule has 0 saturated carbocycles. The second-order valence-electron chi connectivity index (χ2n) is 7.36. The number of carbonyl (C=O) groups excluding carboxylic acids is 1. The molecule has 1 saturated heterocycles. The smallest absolute Gasteiger partial charge is 0.305 e. The quantitative estimate of drug-likeness (QED) is 0.161. The highest BCUT2D eigenvalue weighted by molar-refractivity contribution is 8.07. The maximum atomic E-state index is 11.1. The summed E-state index contributed by atoms with van der Waals surface area (Å²) < 4.78 is 4.70. The second-order valence-corrected chi connectivity index (χ2v) is 8.84. The van der Waals surface area contributed by atoms with Crippen LogP contribution in [0.15, 0.2) is 0 Å². The summed E-state index contributed by atoms with van der Waals surface area (Å²) in [5.74, 6) is -0.0535. The first-order valence-corrected chi connectivity index (χ1v) is 11.4. The van der Waals surface area contributed by atoms with E-state index in [-0.39, 0.29) is 5.97 Å². The van der Waals surface area contributed by atoms with E-state index in [9.17, 15) is 4.79 Å². The van der Waals surface area contributed by atoms with Crippen molar-refractivity contribution in [3.05, 3.63) is 0 Å². The fourth-order valence-electron chi connectivity index (χ4n) is 3.41. The molecule has 1 heterocycles. The van der Waals surface area contributed by atoms with Crippen molar-refractivity contribution < 1.29 is 9.53 Å². The van der Waals surface area contributed by atoms with Crippen LogP contribution >= 0.6 is 11.8 Å². The van der Waals surface area contributed by atoms with E-state index in [1.54, 1.807) is 0 Å². The zero-order valence-corrected chi connectivity index (χ0v) is 17.0. The highest BCUT2D eigenvalue weighted by atomic mass is 32.2. The number of carbonyl (C=O) groups is 1. The van der Waals surface area contributed by atoms with Gasteiger partial charge in [0.05, 0.1) is 7.11 Å². The molecule has 0 aromatic rings. The Hall–Kier alpha value is -0.180. The topological polar surface area (TPSA) is 26.3 Å². The van der Waals surface area contributed by atoms with Crippen LogP contribution in [-0.4, -0.2) is 23.6 Å². The van der Waals surface area contributed by atoms with E-state index < -0.39 is 0 Å². The van der Waals surface area contributed by atoms with Crippen molar-refractivity contribution in [3.8, 4) is 0 Å². The van der Waals surface area contributed by atoms with Gasteiger partial charge in [-0.2, -0.15) is 11.8 Å². The molecule has 0 spiro atoms. The number of thioether (sulfide) groups is 1. The summed E-state index contributed by atoms with van der Waals surface area (Å²) in [6.45, 7) is 2.28. The highest BCUT2D eigenvalue weighted by Gasteiger charge is 2.37. The molecular weight excluding hydrogens is 316 g/mol. The van der Waals surface area contributed by atoms with Crippen LogP contribution in [0.2, 0.25) is 0 Å². The predicted molar refractivity (Wildman–Crippen MR) is 107 cm³/mol. The van der Waals surface area contributed by atoms with Gasteiger partial charge in [-0.3, -0.25) is 4.79 Å². The minimum Gasteiger partial charge on any atom is -0.469 e. The monoisotopic (exact) mass is 356 g/mol. The van der Waals surface area contributed by atoms with Gasteiger partial charge in [0.2, 0.25) is 0 Å². The first kappa shape index (κ1) is 21.9. The van der Waals surface area contributed by atoms with Gasteiger partial charge >= 0.3 is 5.97 Å². The molecule has 1 aliphatic heterocycles. The SMILES string of the molecule is CCCCCCCCCCCCCCCC1SC1CCC(=O)OC. The first-order chi connectivity index (χ1) is 11.8. The molecule has 0 aromatic carbocycles. The number of hydrogen-bond acceptors (Lipinski definition) is 3. The number of unbranched alkanes of at least 4 members (excludes halogenated alkanes) is 12. The molecule has 0 aliphatic carbocycles. The van der Waals surface area contributed by atoms with Crippen LogP contribution < -0.4 is 0 Å². The maximum absolute atomic E-state index is 11.1. The molecule has 24 heavy (non-hydrogen) atoms. The highest BCUT2D eigenvalue weighted by Crippen LogP contribution is 2.47. The average Bonchev–Trinajstić information content (AvgIpc) is 3.35. The molecule has 1 rings (SSSR count). The lowest BCUT2D eigenvalue weighted by molar-refractivity contribution is -0.140. The lowest BCUT2D eigenvalue weighted by atomic mass is 10.0. The first-order valence-electron chi connectivity index (χ1n) is 10.5. The molecule has 1 aliphatic rings. The fourth-order valence-corrected chi connectivity index (χ4v) is 4.60. The Morgan fingerprint density at radius 3 is 1.71 bits per heavy atom. The Balaban J connectivity index is 1.72. The average molecular weight is 357 g/mol. The zero-order valence-electron chi connectivity index (χ0n) is 16.2. The van der Waals surface area contributed by atoms with E-state index in [1.807, 2.05) is 0 Å². The summed E-state index contributed by atoms with van der Waals surface area (Å²) in [5, 5.41) is 1.57. The summed E-state index contributed by atoms with van der Waals surface area (Å²) in [7, 11) is 1.48. The third kappa shape index (κ3) is 12.2. The van der Waals surface area contributed by atoms with E-state index in [0.29, 0.717) is 6.42 Å². The van der Waals surface area contributed by atoms with Crippen molar-refractivity contribution in [1.82, 2.24) is 0 Å². The lowest BCUT2D eigenvalue weighted by Crippen LogP contribution is -2.03. The van der Waals surface area contributed by atoms with E-state index >= 15 is 0 Å². The second kappa shape index (κ2) is 15.1. The van der Waals surface area contributed by atoms with Crippen LogP contribution in [0.1, 0.15) is 110 Å². The number of methoxy groups -OCH3 is 1. The Bertz CT molecular complexity index is 306. The summed E-state index contributed by atoms with van der Waals surface area (Å²) in [5.41, 5.74) is 0. The summed E-state index contributed by atoms with van der Waals surface area (Å²) in [6.07, 6.45) is 21.5. The Kier molecular flexibility index (Phi) is 13.8. The van der Waals surface area contributed by atoms with Crippen molar-refractivity contribution >= 4 is 17.7 Å². The predicted octanol–water partition coefficient (Wildman–Crippen LogP) is 6.90. The molecule has 0 bridgehead atoms.